The fourth-order valence-electron chi connectivity index (χ4n) is 2.41. The predicted molar refractivity (Wildman–Crippen MR) is 71.4 cm³/mol. The number of aromatic nitrogens is 2. The average molecular weight is 234 g/mol. The zero-order valence-corrected chi connectivity index (χ0v) is 11.0. The molecule has 1 aromatic heterocycles. The van der Waals surface area contributed by atoms with Crippen molar-refractivity contribution in [1.29, 1.82) is 0 Å². The third kappa shape index (κ3) is 2.87. The number of nitrogens with zero attached hydrogens (tertiary/aromatic N) is 2. The maximum Gasteiger partial charge on any atom is 0.224 e. The smallest absolute Gasteiger partial charge is 0.224 e. The maximum atomic E-state index is 4.49. The molecule has 1 aliphatic carbocycles. The first-order valence-corrected chi connectivity index (χ1v) is 6.48. The Bertz CT molecular complexity index is 378. The van der Waals surface area contributed by atoms with Crippen LogP contribution in [0, 0.1) is 12.8 Å². The largest absolute Gasteiger partial charge is 0.367 e. The van der Waals surface area contributed by atoms with E-state index in [9.17, 15) is 0 Å². The second kappa shape index (κ2) is 5.34. The van der Waals surface area contributed by atoms with Crippen LogP contribution in [0.5, 0.6) is 0 Å². The van der Waals surface area contributed by atoms with Gasteiger partial charge in [-0.05, 0) is 25.7 Å². The molecule has 1 heterocycles. The second-order valence-corrected chi connectivity index (χ2v) is 4.99. The van der Waals surface area contributed by atoms with Gasteiger partial charge < -0.3 is 10.6 Å². The van der Waals surface area contributed by atoms with Crippen molar-refractivity contribution in [3.05, 3.63) is 11.8 Å². The molecule has 94 valence electrons. The number of rotatable bonds is 3. The van der Waals surface area contributed by atoms with Crippen molar-refractivity contribution in [2.24, 2.45) is 5.92 Å². The van der Waals surface area contributed by atoms with Crippen LogP contribution in [-0.2, 0) is 0 Å². The lowest BCUT2D eigenvalue weighted by Crippen LogP contribution is -2.31. The van der Waals surface area contributed by atoms with Crippen LogP contribution in [0.1, 0.15) is 38.2 Å². The lowest BCUT2D eigenvalue weighted by molar-refractivity contribution is 0.349. The molecule has 2 N–H and O–H groups in total. The summed E-state index contributed by atoms with van der Waals surface area (Å²) in [7, 11) is 1.84. The molecule has 0 bridgehead atoms. The number of hydrogen-bond donors (Lipinski definition) is 2. The molecular weight excluding hydrogens is 212 g/mol. The fourth-order valence-corrected chi connectivity index (χ4v) is 2.41. The number of anilines is 2. The lowest BCUT2D eigenvalue weighted by atomic mass is 9.86. The highest BCUT2D eigenvalue weighted by molar-refractivity contribution is 5.47. The van der Waals surface area contributed by atoms with Gasteiger partial charge in [0, 0.05) is 24.8 Å². The minimum absolute atomic E-state index is 0.557. The van der Waals surface area contributed by atoms with Crippen molar-refractivity contribution in [2.75, 3.05) is 17.7 Å². The van der Waals surface area contributed by atoms with E-state index >= 15 is 0 Å². The highest BCUT2D eigenvalue weighted by Crippen LogP contribution is 2.27. The monoisotopic (exact) mass is 234 g/mol. The maximum absolute atomic E-state index is 4.49. The van der Waals surface area contributed by atoms with Crippen LogP contribution in [0.3, 0.4) is 0 Å². The van der Waals surface area contributed by atoms with E-state index in [4.69, 9.17) is 0 Å². The summed E-state index contributed by atoms with van der Waals surface area (Å²) in [5.74, 6) is 2.39. The summed E-state index contributed by atoms with van der Waals surface area (Å²) in [6, 6.07) is 0.557. The average Bonchev–Trinajstić information content (AvgIpc) is 2.35. The highest BCUT2D eigenvalue weighted by Gasteiger charge is 2.21. The van der Waals surface area contributed by atoms with Gasteiger partial charge in [-0.1, -0.05) is 19.8 Å². The Kier molecular flexibility index (Phi) is 3.82. The molecule has 1 aromatic rings. The molecule has 1 fully saturated rings. The first-order valence-electron chi connectivity index (χ1n) is 6.48. The van der Waals surface area contributed by atoms with Crippen LogP contribution < -0.4 is 10.6 Å². The number of hydrogen-bond acceptors (Lipinski definition) is 4. The van der Waals surface area contributed by atoms with Gasteiger partial charge in [0.1, 0.15) is 5.82 Å². The molecule has 0 amide bonds. The molecule has 2 unspecified atom stereocenters. The normalized spacial score (nSPS) is 24.4. The minimum Gasteiger partial charge on any atom is -0.367 e. The topological polar surface area (TPSA) is 49.8 Å². The van der Waals surface area contributed by atoms with E-state index in [1.165, 1.54) is 25.7 Å². The van der Waals surface area contributed by atoms with Gasteiger partial charge in [0.15, 0.2) is 0 Å². The Labute approximate surface area is 103 Å². The fraction of sp³-hybridized carbons (Fsp3) is 0.692. The van der Waals surface area contributed by atoms with Crippen LogP contribution in [0.4, 0.5) is 11.8 Å². The van der Waals surface area contributed by atoms with Crippen molar-refractivity contribution in [3.8, 4) is 0 Å². The van der Waals surface area contributed by atoms with Gasteiger partial charge in [0.05, 0.1) is 0 Å². The first kappa shape index (κ1) is 12.1. The Morgan fingerprint density at radius 1 is 1.29 bits per heavy atom. The van der Waals surface area contributed by atoms with Gasteiger partial charge in [0.2, 0.25) is 5.95 Å². The summed E-state index contributed by atoms with van der Waals surface area (Å²) in [6.07, 6.45) is 7.13. The predicted octanol–water partition coefficient (Wildman–Crippen LogP) is 2.82. The van der Waals surface area contributed by atoms with Gasteiger partial charge in [-0.15, -0.1) is 0 Å². The molecule has 0 spiro atoms. The van der Waals surface area contributed by atoms with Gasteiger partial charge in [-0.25, -0.2) is 4.98 Å². The summed E-state index contributed by atoms with van der Waals surface area (Å²) in [5.41, 5.74) is 1.11. The van der Waals surface area contributed by atoms with E-state index in [0.717, 1.165) is 17.3 Å². The van der Waals surface area contributed by atoms with Gasteiger partial charge in [-0.2, -0.15) is 4.98 Å². The summed E-state index contributed by atoms with van der Waals surface area (Å²) >= 11 is 0. The zero-order chi connectivity index (χ0) is 12.3. The van der Waals surface area contributed by atoms with E-state index < -0.39 is 0 Å². The first-order chi connectivity index (χ1) is 8.20. The molecule has 17 heavy (non-hydrogen) atoms. The quantitative estimate of drug-likeness (QED) is 0.844. The van der Waals surface area contributed by atoms with Crippen LogP contribution in [-0.4, -0.2) is 23.1 Å². The van der Waals surface area contributed by atoms with E-state index in [-0.39, 0.29) is 0 Å². The van der Waals surface area contributed by atoms with E-state index in [1.807, 2.05) is 13.2 Å². The molecule has 1 aliphatic rings. The van der Waals surface area contributed by atoms with Gasteiger partial charge in [-0.3, -0.25) is 0 Å². The Morgan fingerprint density at radius 3 is 2.76 bits per heavy atom. The van der Waals surface area contributed by atoms with E-state index in [2.05, 4.69) is 34.4 Å². The third-order valence-corrected chi connectivity index (χ3v) is 3.63. The SMILES string of the molecule is CNc1ncc(C)c(NC2CCCCC2C)n1. The van der Waals surface area contributed by atoms with Crippen LogP contribution >= 0.6 is 0 Å². The molecule has 0 aromatic carbocycles. The molecule has 2 atom stereocenters. The number of aryl methyl sites for hydroxylation is 1. The van der Waals surface area contributed by atoms with Crippen molar-refractivity contribution in [1.82, 2.24) is 9.97 Å². The Balaban J connectivity index is 2.11. The minimum atomic E-state index is 0.557. The Hall–Kier alpha value is -1.32. The summed E-state index contributed by atoms with van der Waals surface area (Å²) in [4.78, 5) is 8.69. The van der Waals surface area contributed by atoms with Crippen molar-refractivity contribution < 1.29 is 0 Å². The van der Waals surface area contributed by atoms with E-state index in [0.29, 0.717) is 12.0 Å². The molecule has 0 aliphatic heterocycles. The summed E-state index contributed by atoms with van der Waals surface area (Å²) in [6.45, 7) is 4.38. The lowest BCUT2D eigenvalue weighted by Gasteiger charge is -2.30. The van der Waals surface area contributed by atoms with Gasteiger partial charge >= 0.3 is 0 Å². The zero-order valence-electron chi connectivity index (χ0n) is 11.0. The van der Waals surface area contributed by atoms with Crippen LogP contribution in [0.2, 0.25) is 0 Å². The van der Waals surface area contributed by atoms with E-state index in [1.54, 1.807) is 0 Å². The number of nitrogens with one attached hydrogen (secondary N) is 2. The van der Waals surface area contributed by atoms with Crippen LogP contribution in [0.15, 0.2) is 6.20 Å². The molecule has 1 saturated carbocycles. The molecule has 4 heteroatoms. The van der Waals surface area contributed by atoms with Crippen molar-refractivity contribution in [2.45, 2.75) is 45.6 Å². The second-order valence-electron chi connectivity index (χ2n) is 4.99. The van der Waals surface area contributed by atoms with Gasteiger partial charge in [0.25, 0.3) is 0 Å². The van der Waals surface area contributed by atoms with Crippen LogP contribution in [0.25, 0.3) is 0 Å². The standard InChI is InChI=1S/C13H22N4/c1-9-6-4-5-7-11(9)16-12-10(2)8-15-13(14-3)17-12/h8-9,11H,4-7H2,1-3H3,(H2,14,15,16,17). The highest BCUT2D eigenvalue weighted by atomic mass is 15.1. The molecule has 0 saturated heterocycles. The van der Waals surface area contributed by atoms with Crippen molar-refractivity contribution >= 4 is 11.8 Å². The Morgan fingerprint density at radius 2 is 2.06 bits per heavy atom. The molecular formula is C13H22N4. The summed E-state index contributed by atoms with van der Waals surface area (Å²) in [5, 5.41) is 6.56. The molecule has 4 nitrogen and oxygen atoms in total. The van der Waals surface area contributed by atoms with Crippen molar-refractivity contribution in [3.63, 3.8) is 0 Å². The summed E-state index contributed by atoms with van der Waals surface area (Å²) < 4.78 is 0. The third-order valence-electron chi connectivity index (χ3n) is 3.63. The molecule has 0 radical (unpaired) electrons. The molecule has 2 rings (SSSR count).